The summed E-state index contributed by atoms with van der Waals surface area (Å²) in [6.07, 6.45) is 0. The van der Waals surface area contributed by atoms with Gasteiger partial charge in [-0.2, -0.15) is 0 Å². The third kappa shape index (κ3) is 3.28. The number of aryl methyl sites for hydroxylation is 1. The fourth-order valence-electron chi connectivity index (χ4n) is 1.69. The van der Waals surface area contributed by atoms with E-state index in [0.717, 1.165) is 22.3 Å². The molecule has 1 atom stereocenters. The third-order valence-corrected chi connectivity index (χ3v) is 3.55. The maximum atomic E-state index is 11.9. The van der Waals surface area contributed by atoms with Crippen LogP contribution in [0.25, 0.3) is 0 Å². The molecule has 1 saturated heterocycles. The standard InChI is InChI=1S/C12H15BrN2O2/c1-8-6-9(2-3-10(8)13)15-12(16)11-7-17-5-4-14-11/h2-3,6,11,14H,4-5,7H2,1H3,(H,15,16). The topological polar surface area (TPSA) is 50.4 Å². The quantitative estimate of drug-likeness (QED) is 0.873. The zero-order valence-corrected chi connectivity index (χ0v) is 11.2. The molecule has 0 saturated carbocycles. The molecule has 2 N–H and O–H groups in total. The van der Waals surface area contributed by atoms with Gasteiger partial charge in [0.15, 0.2) is 0 Å². The molecular weight excluding hydrogens is 284 g/mol. The lowest BCUT2D eigenvalue weighted by Gasteiger charge is -2.23. The maximum absolute atomic E-state index is 11.9. The first-order chi connectivity index (χ1) is 8.16. The Kier molecular flexibility index (Phi) is 4.15. The normalized spacial score (nSPS) is 20.0. The lowest BCUT2D eigenvalue weighted by atomic mass is 10.2. The lowest BCUT2D eigenvalue weighted by molar-refractivity contribution is -0.120. The first-order valence-corrected chi connectivity index (χ1v) is 6.34. The van der Waals surface area contributed by atoms with Crippen LogP contribution in [0.4, 0.5) is 5.69 Å². The predicted molar refractivity (Wildman–Crippen MR) is 70.1 cm³/mol. The average molecular weight is 299 g/mol. The van der Waals surface area contributed by atoms with Crippen molar-refractivity contribution in [3.63, 3.8) is 0 Å². The number of amides is 1. The number of anilines is 1. The van der Waals surface area contributed by atoms with Crippen LogP contribution in [-0.2, 0) is 9.53 Å². The van der Waals surface area contributed by atoms with Gasteiger partial charge in [-0.05, 0) is 30.7 Å². The molecule has 1 aliphatic rings. The SMILES string of the molecule is Cc1cc(NC(=O)C2COCCN2)ccc1Br. The van der Waals surface area contributed by atoms with Gasteiger partial charge in [-0.1, -0.05) is 15.9 Å². The van der Waals surface area contributed by atoms with Crippen LogP contribution in [0.5, 0.6) is 0 Å². The van der Waals surface area contributed by atoms with Gasteiger partial charge in [0.25, 0.3) is 0 Å². The summed E-state index contributed by atoms with van der Waals surface area (Å²) in [6.45, 7) is 3.81. The van der Waals surface area contributed by atoms with Gasteiger partial charge in [0.2, 0.25) is 5.91 Å². The highest BCUT2D eigenvalue weighted by molar-refractivity contribution is 9.10. The van der Waals surface area contributed by atoms with Crippen LogP contribution in [0.15, 0.2) is 22.7 Å². The second-order valence-corrected chi connectivity index (χ2v) is 4.89. The van der Waals surface area contributed by atoms with Gasteiger partial charge in [0, 0.05) is 16.7 Å². The number of benzene rings is 1. The largest absolute Gasteiger partial charge is 0.378 e. The van der Waals surface area contributed by atoms with Crippen molar-refractivity contribution in [2.45, 2.75) is 13.0 Å². The lowest BCUT2D eigenvalue weighted by Crippen LogP contribution is -2.48. The first kappa shape index (κ1) is 12.5. The smallest absolute Gasteiger partial charge is 0.243 e. The van der Waals surface area contributed by atoms with Gasteiger partial charge in [0.05, 0.1) is 13.2 Å². The Labute approximate surface area is 109 Å². The van der Waals surface area contributed by atoms with E-state index < -0.39 is 0 Å². The molecule has 17 heavy (non-hydrogen) atoms. The van der Waals surface area contributed by atoms with Crippen LogP contribution in [0, 0.1) is 6.92 Å². The van der Waals surface area contributed by atoms with Gasteiger partial charge in [0.1, 0.15) is 6.04 Å². The molecule has 1 aliphatic heterocycles. The molecule has 4 nitrogen and oxygen atoms in total. The molecular formula is C12H15BrN2O2. The Morgan fingerprint density at radius 2 is 2.41 bits per heavy atom. The fourth-order valence-corrected chi connectivity index (χ4v) is 1.93. The summed E-state index contributed by atoms with van der Waals surface area (Å²) < 4.78 is 6.29. The minimum Gasteiger partial charge on any atom is -0.378 e. The molecule has 0 bridgehead atoms. The van der Waals surface area contributed by atoms with E-state index in [2.05, 4.69) is 26.6 Å². The van der Waals surface area contributed by atoms with Gasteiger partial charge in [-0.15, -0.1) is 0 Å². The number of rotatable bonds is 2. The van der Waals surface area contributed by atoms with Crippen molar-refractivity contribution in [1.82, 2.24) is 5.32 Å². The molecule has 1 unspecified atom stereocenters. The number of morpholine rings is 1. The minimum absolute atomic E-state index is 0.0496. The van der Waals surface area contributed by atoms with Crippen molar-refractivity contribution in [2.75, 3.05) is 25.1 Å². The molecule has 0 spiro atoms. The summed E-state index contributed by atoms with van der Waals surface area (Å²) in [4.78, 5) is 11.9. The van der Waals surface area contributed by atoms with Crippen LogP contribution in [0.3, 0.4) is 0 Å². The van der Waals surface area contributed by atoms with Crippen LogP contribution in [0.2, 0.25) is 0 Å². The number of carbonyl (C=O) groups is 1. The average Bonchev–Trinajstić information content (AvgIpc) is 2.35. The van der Waals surface area contributed by atoms with E-state index in [1.165, 1.54) is 0 Å². The second-order valence-electron chi connectivity index (χ2n) is 4.03. The van der Waals surface area contributed by atoms with E-state index in [1.54, 1.807) is 0 Å². The number of hydrogen-bond acceptors (Lipinski definition) is 3. The zero-order valence-electron chi connectivity index (χ0n) is 9.63. The van der Waals surface area contributed by atoms with E-state index in [4.69, 9.17) is 4.74 Å². The Balaban J connectivity index is 1.99. The number of halogens is 1. The minimum atomic E-state index is -0.257. The van der Waals surface area contributed by atoms with Crippen molar-refractivity contribution in [3.05, 3.63) is 28.2 Å². The maximum Gasteiger partial charge on any atom is 0.243 e. The Morgan fingerprint density at radius 3 is 3.06 bits per heavy atom. The highest BCUT2D eigenvalue weighted by Crippen LogP contribution is 2.20. The van der Waals surface area contributed by atoms with Crippen molar-refractivity contribution >= 4 is 27.5 Å². The molecule has 5 heteroatoms. The summed E-state index contributed by atoms with van der Waals surface area (Å²) in [5, 5.41) is 6.00. The summed E-state index contributed by atoms with van der Waals surface area (Å²) >= 11 is 3.43. The molecule has 1 aromatic carbocycles. The van der Waals surface area contributed by atoms with E-state index in [1.807, 2.05) is 25.1 Å². The highest BCUT2D eigenvalue weighted by Gasteiger charge is 2.21. The molecule has 0 radical (unpaired) electrons. The molecule has 0 aliphatic carbocycles. The monoisotopic (exact) mass is 298 g/mol. The fraction of sp³-hybridized carbons (Fsp3) is 0.417. The number of nitrogens with one attached hydrogen (secondary N) is 2. The molecule has 0 aromatic heterocycles. The Morgan fingerprint density at radius 1 is 1.59 bits per heavy atom. The van der Waals surface area contributed by atoms with Gasteiger partial charge in [-0.3, -0.25) is 4.79 Å². The van der Waals surface area contributed by atoms with Crippen LogP contribution in [-0.4, -0.2) is 31.7 Å². The molecule has 1 heterocycles. The number of carbonyl (C=O) groups excluding carboxylic acids is 1. The highest BCUT2D eigenvalue weighted by atomic mass is 79.9. The zero-order chi connectivity index (χ0) is 12.3. The van der Waals surface area contributed by atoms with E-state index >= 15 is 0 Å². The summed E-state index contributed by atoms with van der Waals surface area (Å²) in [5.74, 6) is -0.0496. The van der Waals surface area contributed by atoms with Crippen molar-refractivity contribution in [3.8, 4) is 0 Å². The number of hydrogen-bond donors (Lipinski definition) is 2. The molecule has 92 valence electrons. The van der Waals surface area contributed by atoms with Crippen molar-refractivity contribution < 1.29 is 9.53 Å². The molecule has 2 rings (SSSR count). The Hall–Kier alpha value is -0.910. The van der Waals surface area contributed by atoms with E-state index in [-0.39, 0.29) is 11.9 Å². The van der Waals surface area contributed by atoms with E-state index in [0.29, 0.717) is 13.2 Å². The van der Waals surface area contributed by atoms with Crippen LogP contribution < -0.4 is 10.6 Å². The van der Waals surface area contributed by atoms with Crippen LogP contribution in [0.1, 0.15) is 5.56 Å². The van der Waals surface area contributed by atoms with E-state index in [9.17, 15) is 4.79 Å². The van der Waals surface area contributed by atoms with Crippen molar-refractivity contribution in [1.29, 1.82) is 0 Å². The number of ether oxygens (including phenoxy) is 1. The molecule has 1 aromatic rings. The third-order valence-electron chi connectivity index (χ3n) is 2.66. The molecule has 1 fully saturated rings. The summed E-state index contributed by atoms with van der Waals surface area (Å²) in [6, 6.07) is 5.48. The summed E-state index contributed by atoms with van der Waals surface area (Å²) in [7, 11) is 0. The summed E-state index contributed by atoms with van der Waals surface area (Å²) in [5.41, 5.74) is 1.90. The molecule has 1 amide bonds. The predicted octanol–water partition coefficient (Wildman–Crippen LogP) is 1.68. The van der Waals surface area contributed by atoms with Gasteiger partial charge < -0.3 is 15.4 Å². The van der Waals surface area contributed by atoms with Crippen molar-refractivity contribution in [2.24, 2.45) is 0 Å². The van der Waals surface area contributed by atoms with Crippen LogP contribution >= 0.6 is 15.9 Å². The first-order valence-electron chi connectivity index (χ1n) is 5.55. The van der Waals surface area contributed by atoms with Gasteiger partial charge in [-0.25, -0.2) is 0 Å². The Bertz CT molecular complexity index is 417. The second kappa shape index (κ2) is 5.62. The van der Waals surface area contributed by atoms with Gasteiger partial charge >= 0.3 is 0 Å².